The van der Waals surface area contributed by atoms with E-state index in [0.29, 0.717) is 11.7 Å². The van der Waals surface area contributed by atoms with E-state index >= 15 is 0 Å². The number of aromatic nitrogens is 2. The molecule has 118 valence electrons. The number of nitrogens with zero attached hydrogens (tertiary/aromatic N) is 3. The summed E-state index contributed by atoms with van der Waals surface area (Å²) in [5, 5.41) is 2.49. The maximum absolute atomic E-state index is 4.82. The molecule has 0 spiro atoms. The second-order valence-corrected chi connectivity index (χ2v) is 6.36. The maximum atomic E-state index is 4.82. The van der Waals surface area contributed by atoms with Gasteiger partial charge in [0.2, 0.25) is 0 Å². The Morgan fingerprint density at radius 1 is 1.17 bits per heavy atom. The van der Waals surface area contributed by atoms with Crippen LogP contribution in [0.15, 0.2) is 41.7 Å². The summed E-state index contributed by atoms with van der Waals surface area (Å²) in [6.07, 6.45) is 9.98. The average molecular weight is 323 g/mol. The van der Waals surface area contributed by atoms with E-state index in [4.69, 9.17) is 12.2 Å². The quantitative estimate of drug-likeness (QED) is 0.546. The summed E-state index contributed by atoms with van der Waals surface area (Å²) < 4.78 is 0. The van der Waals surface area contributed by atoms with Crippen LogP contribution in [0.2, 0.25) is 0 Å². The van der Waals surface area contributed by atoms with E-state index < -0.39 is 0 Å². The first-order valence-corrected chi connectivity index (χ1v) is 8.71. The minimum Gasteiger partial charge on any atom is -0.237 e. The summed E-state index contributed by atoms with van der Waals surface area (Å²) in [7, 11) is 0. The van der Waals surface area contributed by atoms with Gasteiger partial charge in [0.1, 0.15) is 0 Å². The molecule has 0 atom stereocenters. The van der Waals surface area contributed by atoms with Gasteiger partial charge in [0.15, 0.2) is 5.82 Å². The molecule has 0 radical (unpaired) electrons. The Labute approximate surface area is 142 Å². The van der Waals surface area contributed by atoms with Gasteiger partial charge in [0, 0.05) is 18.0 Å². The molecule has 0 bridgehead atoms. The van der Waals surface area contributed by atoms with Crippen LogP contribution in [0.25, 0.3) is 11.4 Å². The van der Waals surface area contributed by atoms with Gasteiger partial charge in [-0.3, -0.25) is 0 Å². The molecule has 1 heterocycles. The Morgan fingerprint density at radius 2 is 1.91 bits per heavy atom. The molecular weight excluding hydrogens is 302 g/mol. The molecule has 4 heteroatoms. The predicted molar refractivity (Wildman–Crippen MR) is 97.1 cm³/mol. The molecular formula is C19H21N3S. The lowest BCUT2D eigenvalue weighted by molar-refractivity contribution is 0.319. The molecule has 23 heavy (non-hydrogen) atoms. The highest BCUT2D eigenvalue weighted by atomic mass is 32.1. The highest BCUT2D eigenvalue weighted by Crippen LogP contribution is 2.39. The summed E-state index contributed by atoms with van der Waals surface area (Å²) in [6.45, 7) is 2.30. The number of rotatable bonds is 4. The molecule has 0 saturated heterocycles. The van der Waals surface area contributed by atoms with Gasteiger partial charge in [0.25, 0.3) is 0 Å². The zero-order valence-electron chi connectivity index (χ0n) is 13.4. The molecule has 0 amide bonds. The molecule has 1 aromatic heterocycles. The number of aliphatic imine (C=N–C) groups is 1. The van der Waals surface area contributed by atoms with Crippen LogP contribution in [0.1, 0.15) is 50.5 Å². The lowest BCUT2D eigenvalue weighted by atomic mass is 9.77. The lowest BCUT2D eigenvalue weighted by Gasteiger charge is -2.28. The van der Waals surface area contributed by atoms with Gasteiger partial charge >= 0.3 is 0 Å². The Balaban J connectivity index is 1.90. The number of thiocarbonyl (C=S) groups is 1. The molecule has 0 N–H and O–H groups in total. The van der Waals surface area contributed by atoms with Crippen molar-refractivity contribution >= 4 is 23.1 Å². The monoisotopic (exact) mass is 323 g/mol. The van der Waals surface area contributed by atoms with Crippen LogP contribution in [0.5, 0.6) is 0 Å². The van der Waals surface area contributed by atoms with Crippen molar-refractivity contribution in [1.82, 2.24) is 9.97 Å². The van der Waals surface area contributed by atoms with Crippen LogP contribution in [-0.2, 0) is 0 Å². The Hall–Kier alpha value is -1.90. The normalized spacial score (nSPS) is 20.7. The Kier molecular flexibility index (Phi) is 5.27. The van der Waals surface area contributed by atoms with Crippen LogP contribution >= 0.6 is 12.2 Å². The second kappa shape index (κ2) is 7.58. The van der Waals surface area contributed by atoms with Crippen LogP contribution in [0.4, 0.5) is 5.69 Å². The third-order valence-electron chi connectivity index (χ3n) is 4.89. The number of isothiocyanates is 1. The Morgan fingerprint density at radius 3 is 2.57 bits per heavy atom. The van der Waals surface area contributed by atoms with Crippen LogP contribution in [0.3, 0.4) is 0 Å². The van der Waals surface area contributed by atoms with Crippen molar-refractivity contribution in [3.05, 3.63) is 42.2 Å². The van der Waals surface area contributed by atoms with Crippen molar-refractivity contribution in [2.45, 2.75) is 44.9 Å². The van der Waals surface area contributed by atoms with Crippen molar-refractivity contribution in [3.63, 3.8) is 0 Å². The molecule has 1 aliphatic rings. The molecule has 0 aliphatic heterocycles. The van der Waals surface area contributed by atoms with E-state index in [1.807, 2.05) is 6.07 Å². The van der Waals surface area contributed by atoms with Gasteiger partial charge in [-0.05, 0) is 73.5 Å². The van der Waals surface area contributed by atoms with Crippen LogP contribution in [0, 0.1) is 5.92 Å². The molecule has 0 unspecified atom stereocenters. The maximum Gasteiger partial charge on any atom is 0.161 e. The molecule has 2 aromatic rings. The first-order valence-electron chi connectivity index (χ1n) is 8.31. The molecule has 1 aromatic carbocycles. The summed E-state index contributed by atoms with van der Waals surface area (Å²) in [4.78, 5) is 12.9. The molecule has 1 aliphatic carbocycles. The summed E-state index contributed by atoms with van der Waals surface area (Å²) in [5.74, 6) is 2.21. The third-order valence-corrected chi connectivity index (χ3v) is 4.98. The first-order chi connectivity index (χ1) is 11.3. The smallest absolute Gasteiger partial charge is 0.161 e. The van der Waals surface area contributed by atoms with Crippen molar-refractivity contribution in [3.8, 4) is 11.4 Å². The molecule has 1 saturated carbocycles. The van der Waals surface area contributed by atoms with Crippen molar-refractivity contribution in [1.29, 1.82) is 0 Å². The van der Waals surface area contributed by atoms with Crippen LogP contribution < -0.4 is 0 Å². The number of hydrogen-bond donors (Lipinski definition) is 0. The van der Waals surface area contributed by atoms with Crippen LogP contribution in [-0.4, -0.2) is 15.1 Å². The molecule has 3 rings (SSSR count). The van der Waals surface area contributed by atoms with Gasteiger partial charge in [-0.15, -0.1) is 0 Å². The fraction of sp³-hybridized carbons (Fsp3) is 0.421. The fourth-order valence-electron chi connectivity index (χ4n) is 3.48. The molecule has 1 fully saturated rings. The van der Waals surface area contributed by atoms with Gasteiger partial charge in [-0.2, -0.15) is 4.99 Å². The minimum atomic E-state index is 0.627. The fourth-order valence-corrected chi connectivity index (χ4v) is 3.57. The van der Waals surface area contributed by atoms with Crippen molar-refractivity contribution < 1.29 is 0 Å². The highest BCUT2D eigenvalue weighted by molar-refractivity contribution is 7.78. The first kappa shape index (κ1) is 16.0. The van der Waals surface area contributed by atoms with E-state index in [1.165, 1.54) is 37.7 Å². The predicted octanol–water partition coefficient (Wildman–Crippen LogP) is 5.56. The number of benzene rings is 1. The Bertz CT molecular complexity index is 700. The van der Waals surface area contributed by atoms with E-state index in [9.17, 15) is 0 Å². The second-order valence-electron chi connectivity index (χ2n) is 6.18. The average Bonchev–Trinajstić information content (AvgIpc) is 2.63. The SMILES string of the molecule is CCC1CCC(c2ccc(-c3ncccn3)c(N=C=S)c2)CC1. The van der Waals surface area contributed by atoms with Gasteiger partial charge < -0.3 is 0 Å². The van der Waals surface area contributed by atoms with E-state index in [-0.39, 0.29) is 0 Å². The zero-order chi connectivity index (χ0) is 16.1. The van der Waals surface area contributed by atoms with Gasteiger partial charge in [-0.25, -0.2) is 9.97 Å². The summed E-state index contributed by atoms with van der Waals surface area (Å²) >= 11 is 4.82. The zero-order valence-corrected chi connectivity index (χ0v) is 14.2. The third kappa shape index (κ3) is 3.72. The molecule has 3 nitrogen and oxygen atoms in total. The van der Waals surface area contributed by atoms with Gasteiger partial charge in [-0.1, -0.05) is 19.4 Å². The summed E-state index contributed by atoms with van der Waals surface area (Å²) in [6, 6.07) is 8.22. The van der Waals surface area contributed by atoms with E-state index in [2.05, 4.69) is 45.2 Å². The topological polar surface area (TPSA) is 38.1 Å². The lowest BCUT2D eigenvalue weighted by Crippen LogP contribution is -2.12. The summed E-state index contributed by atoms with van der Waals surface area (Å²) in [5.41, 5.74) is 3.08. The van der Waals surface area contributed by atoms with Crippen molar-refractivity contribution in [2.75, 3.05) is 0 Å². The minimum absolute atomic E-state index is 0.627. The van der Waals surface area contributed by atoms with Crippen molar-refractivity contribution in [2.24, 2.45) is 10.9 Å². The number of hydrogen-bond acceptors (Lipinski definition) is 4. The van der Waals surface area contributed by atoms with Gasteiger partial charge in [0.05, 0.1) is 10.8 Å². The standard InChI is InChI=1S/C19H21N3S/c1-2-14-4-6-15(7-5-14)16-8-9-17(18(12-16)22-13-23)19-20-10-3-11-21-19/h3,8-12,14-15H,2,4-7H2,1H3. The van der Waals surface area contributed by atoms with E-state index in [0.717, 1.165) is 17.2 Å². The largest absolute Gasteiger partial charge is 0.237 e. The highest BCUT2D eigenvalue weighted by Gasteiger charge is 2.22. The van der Waals surface area contributed by atoms with E-state index in [1.54, 1.807) is 12.4 Å².